The first-order chi connectivity index (χ1) is 13.8. The monoisotopic (exact) mass is 452 g/mol. The van der Waals surface area contributed by atoms with Gasteiger partial charge in [-0.1, -0.05) is 0 Å². The molecule has 0 aliphatic rings. The van der Waals surface area contributed by atoms with E-state index < -0.39 is 66.0 Å². The molecular weight excluding hydrogens is 424 g/mol. The van der Waals surface area contributed by atoms with Crippen molar-refractivity contribution in [2.45, 2.75) is 63.1 Å². The third kappa shape index (κ3) is 9.39. The van der Waals surface area contributed by atoms with Crippen LogP contribution in [0.25, 0.3) is 0 Å². The van der Waals surface area contributed by atoms with E-state index in [1.807, 2.05) is 0 Å². The Morgan fingerprint density at radius 1 is 0.867 bits per heavy atom. The van der Waals surface area contributed by atoms with E-state index in [2.05, 4.69) is 28.6 Å². The van der Waals surface area contributed by atoms with Crippen LogP contribution in [-0.2, 0) is 24.0 Å². The number of amides is 3. The molecule has 0 saturated carbocycles. The normalized spacial score (nSPS) is 16.9. The Morgan fingerprint density at radius 3 is 1.67 bits per heavy atom. The SMILES string of the molecule is CC(O)C(NC(=O)C(N)CCC(=O)O)C(=O)NC(C(=O)NC(CS)C(=O)O)C(C)O. The molecule has 0 spiro atoms. The van der Waals surface area contributed by atoms with Gasteiger partial charge in [-0.05, 0) is 20.3 Å². The van der Waals surface area contributed by atoms with Gasteiger partial charge in [0.25, 0.3) is 0 Å². The first-order valence-electron chi connectivity index (χ1n) is 8.90. The van der Waals surface area contributed by atoms with Crippen molar-refractivity contribution >= 4 is 42.3 Å². The third-order valence-corrected chi connectivity index (χ3v) is 4.29. The largest absolute Gasteiger partial charge is 0.481 e. The van der Waals surface area contributed by atoms with Gasteiger partial charge in [0.05, 0.1) is 18.2 Å². The minimum atomic E-state index is -1.60. The predicted octanol–water partition coefficient (Wildman–Crippen LogP) is -3.59. The number of carbonyl (C=O) groups is 5. The van der Waals surface area contributed by atoms with Crippen molar-refractivity contribution in [3.63, 3.8) is 0 Å². The number of carboxylic acids is 2. The molecular formula is C16H28N4O9S. The standard InChI is InChI=1S/C16H28N4O9S/c1-6(21)11(14(26)18-9(5-30)16(28)29)20-15(27)12(7(2)22)19-13(25)8(17)3-4-10(23)24/h6-9,11-12,21-22,30H,3-5,17H2,1-2H3,(H,18,26)(H,19,25)(H,20,27)(H,23,24)(H,28,29). The second-order valence-electron chi connectivity index (χ2n) is 6.57. The molecule has 0 aromatic heterocycles. The molecule has 6 atom stereocenters. The fraction of sp³-hybridized carbons (Fsp3) is 0.688. The molecule has 0 radical (unpaired) electrons. The maximum Gasteiger partial charge on any atom is 0.327 e. The number of carbonyl (C=O) groups excluding carboxylic acids is 3. The number of nitrogens with two attached hydrogens (primary N) is 1. The Kier molecular flexibility index (Phi) is 11.9. The summed E-state index contributed by atoms with van der Waals surface area (Å²) in [6.07, 6.45) is -3.50. The van der Waals surface area contributed by atoms with Crippen LogP contribution in [0.2, 0.25) is 0 Å². The zero-order valence-corrected chi connectivity index (χ0v) is 17.3. The quantitative estimate of drug-likeness (QED) is 0.125. The summed E-state index contributed by atoms with van der Waals surface area (Å²) < 4.78 is 0. The van der Waals surface area contributed by atoms with E-state index >= 15 is 0 Å². The Hall–Kier alpha value is -2.42. The number of aliphatic hydroxyl groups excluding tert-OH is 2. The minimum absolute atomic E-state index is 0.214. The molecule has 0 aromatic rings. The van der Waals surface area contributed by atoms with E-state index in [0.717, 1.165) is 0 Å². The van der Waals surface area contributed by atoms with Gasteiger partial charge in [-0.2, -0.15) is 12.6 Å². The Labute approximate surface area is 177 Å². The highest BCUT2D eigenvalue weighted by molar-refractivity contribution is 7.80. The highest BCUT2D eigenvalue weighted by Crippen LogP contribution is 2.02. The summed E-state index contributed by atoms with van der Waals surface area (Å²) in [6.45, 7) is 2.34. The van der Waals surface area contributed by atoms with E-state index in [0.29, 0.717) is 0 Å². The summed E-state index contributed by atoms with van der Waals surface area (Å²) in [5.41, 5.74) is 5.55. The van der Waals surface area contributed by atoms with Crippen molar-refractivity contribution in [1.82, 2.24) is 16.0 Å². The summed E-state index contributed by atoms with van der Waals surface area (Å²) in [6, 6.07) is -5.82. The lowest BCUT2D eigenvalue weighted by Gasteiger charge is -2.27. The zero-order chi connectivity index (χ0) is 23.6. The molecule has 0 aliphatic carbocycles. The van der Waals surface area contributed by atoms with Gasteiger partial charge in [0, 0.05) is 12.2 Å². The van der Waals surface area contributed by atoms with E-state index in [9.17, 15) is 34.2 Å². The molecule has 172 valence electrons. The summed E-state index contributed by atoms with van der Waals surface area (Å²) >= 11 is 3.79. The summed E-state index contributed by atoms with van der Waals surface area (Å²) in [4.78, 5) is 58.4. The fourth-order valence-electron chi connectivity index (χ4n) is 2.17. The second-order valence-corrected chi connectivity index (χ2v) is 6.94. The Balaban J connectivity index is 5.23. The summed E-state index contributed by atoms with van der Waals surface area (Å²) in [5.74, 6) is -5.77. The number of thiol groups is 1. The van der Waals surface area contributed by atoms with Crippen LogP contribution in [0, 0.1) is 0 Å². The maximum atomic E-state index is 12.5. The van der Waals surface area contributed by atoms with Crippen molar-refractivity contribution in [1.29, 1.82) is 0 Å². The molecule has 0 saturated heterocycles. The number of rotatable bonds is 13. The van der Waals surface area contributed by atoms with Gasteiger partial charge in [0.2, 0.25) is 17.7 Å². The number of nitrogens with one attached hydrogen (secondary N) is 3. The molecule has 30 heavy (non-hydrogen) atoms. The molecule has 14 heteroatoms. The zero-order valence-electron chi connectivity index (χ0n) is 16.4. The first kappa shape index (κ1) is 27.6. The average Bonchev–Trinajstić information content (AvgIpc) is 2.64. The number of carboxylic acid groups (broad SMARTS) is 2. The molecule has 0 fully saturated rings. The van der Waals surface area contributed by atoms with Gasteiger partial charge in [-0.3, -0.25) is 19.2 Å². The maximum absolute atomic E-state index is 12.5. The van der Waals surface area contributed by atoms with E-state index in [1.165, 1.54) is 13.8 Å². The van der Waals surface area contributed by atoms with E-state index in [-0.39, 0.29) is 18.6 Å². The lowest BCUT2D eigenvalue weighted by atomic mass is 10.1. The van der Waals surface area contributed by atoms with Gasteiger partial charge < -0.3 is 42.1 Å². The summed E-state index contributed by atoms with van der Waals surface area (Å²) in [7, 11) is 0. The van der Waals surface area contributed by atoms with Crippen molar-refractivity contribution in [2.24, 2.45) is 5.73 Å². The number of hydrogen-bond acceptors (Lipinski definition) is 9. The van der Waals surface area contributed by atoms with Crippen molar-refractivity contribution in [3.05, 3.63) is 0 Å². The van der Waals surface area contributed by atoms with Crippen molar-refractivity contribution in [2.75, 3.05) is 5.75 Å². The lowest BCUT2D eigenvalue weighted by molar-refractivity contribution is -0.142. The Bertz CT molecular complexity index is 644. The number of aliphatic hydroxyl groups is 2. The first-order valence-corrected chi connectivity index (χ1v) is 9.53. The minimum Gasteiger partial charge on any atom is -0.481 e. The van der Waals surface area contributed by atoms with Gasteiger partial charge in [0.1, 0.15) is 18.1 Å². The lowest BCUT2D eigenvalue weighted by Crippen LogP contribution is -2.62. The van der Waals surface area contributed by atoms with E-state index in [1.54, 1.807) is 0 Å². The molecule has 3 amide bonds. The third-order valence-electron chi connectivity index (χ3n) is 3.93. The summed E-state index contributed by atoms with van der Waals surface area (Å²) in [5, 5.41) is 43.6. The van der Waals surface area contributed by atoms with Crippen LogP contribution in [-0.4, -0.2) is 92.2 Å². The topological polar surface area (TPSA) is 228 Å². The smallest absolute Gasteiger partial charge is 0.327 e. The van der Waals surface area contributed by atoms with Crippen LogP contribution >= 0.6 is 12.6 Å². The van der Waals surface area contributed by atoms with Gasteiger partial charge in [0.15, 0.2) is 0 Å². The van der Waals surface area contributed by atoms with Crippen LogP contribution in [0.3, 0.4) is 0 Å². The molecule has 0 aromatic carbocycles. The molecule has 13 nitrogen and oxygen atoms in total. The molecule has 0 heterocycles. The highest BCUT2D eigenvalue weighted by Gasteiger charge is 2.34. The van der Waals surface area contributed by atoms with Crippen molar-refractivity contribution in [3.8, 4) is 0 Å². The van der Waals surface area contributed by atoms with Gasteiger partial charge in [-0.25, -0.2) is 4.79 Å². The molecule has 0 rings (SSSR count). The highest BCUT2D eigenvalue weighted by atomic mass is 32.1. The van der Waals surface area contributed by atoms with E-state index in [4.69, 9.17) is 15.9 Å². The van der Waals surface area contributed by atoms with Gasteiger partial charge in [-0.15, -0.1) is 0 Å². The average molecular weight is 452 g/mol. The van der Waals surface area contributed by atoms with Crippen LogP contribution < -0.4 is 21.7 Å². The van der Waals surface area contributed by atoms with Crippen LogP contribution in [0.4, 0.5) is 0 Å². The number of aliphatic carboxylic acids is 2. The van der Waals surface area contributed by atoms with Gasteiger partial charge >= 0.3 is 11.9 Å². The molecule has 9 N–H and O–H groups in total. The molecule has 6 unspecified atom stereocenters. The predicted molar refractivity (Wildman–Crippen MR) is 105 cm³/mol. The Morgan fingerprint density at radius 2 is 1.30 bits per heavy atom. The second kappa shape index (κ2) is 13.0. The molecule has 0 bridgehead atoms. The van der Waals surface area contributed by atoms with Crippen molar-refractivity contribution < 1.29 is 44.4 Å². The fourth-order valence-corrected chi connectivity index (χ4v) is 2.42. The number of hydrogen-bond donors (Lipinski definition) is 9. The van der Waals surface area contributed by atoms with Crippen LogP contribution in [0.15, 0.2) is 0 Å². The molecule has 0 aliphatic heterocycles. The van der Waals surface area contributed by atoms with Crippen LogP contribution in [0.5, 0.6) is 0 Å². The van der Waals surface area contributed by atoms with Crippen LogP contribution in [0.1, 0.15) is 26.7 Å².